The molecule has 2 unspecified atom stereocenters. The van der Waals surface area contributed by atoms with Gasteiger partial charge in [-0.1, -0.05) is 13.8 Å². The molecule has 0 bridgehead atoms. The van der Waals surface area contributed by atoms with Gasteiger partial charge in [0.25, 0.3) is 0 Å². The quantitative estimate of drug-likeness (QED) is 0.815. The first-order valence-electron chi connectivity index (χ1n) is 6.49. The van der Waals surface area contributed by atoms with Gasteiger partial charge in [-0.2, -0.15) is 0 Å². The van der Waals surface area contributed by atoms with Gasteiger partial charge in [-0.05, 0) is 38.4 Å². The summed E-state index contributed by atoms with van der Waals surface area (Å²) in [6.07, 6.45) is 2.69. The molecule has 0 saturated heterocycles. The normalized spacial score (nSPS) is 16.3. The van der Waals surface area contributed by atoms with Crippen LogP contribution in [-0.4, -0.2) is 24.2 Å². The third kappa shape index (κ3) is 3.00. The molecule has 1 heterocycles. The molecule has 4 heteroatoms. The number of ether oxygens (including phenoxy) is 1. The molecule has 0 spiro atoms. The molecular weight excluding hydrogens is 226 g/mol. The van der Waals surface area contributed by atoms with Crippen LogP contribution in [-0.2, 0) is 4.74 Å². The Balaban J connectivity index is 3.22. The van der Waals surface area contributed by atoms with E-state index in [1.807, 2.05) is 6.92 Å². The number of rotatable bonds is 6. The molecule has 0 aliphatic carbocycles. The Bertz CT molecular complexity index is 389. The van der Waals surface area contributed by atoms with Gasteiger partial charge in [0.05, 0.1) is 11.6 Å². The maximum Gasteiger partial charge on any atom is 0.128 e. The van der Waals surface area contributed by atoms with Crippen LogP contribution in [0.3, 0.4) is 0 Å². The minimum Gasteiger partial charge on any atom is -0.383 e. The van der Waals surface area contributed by atoms with Crippen LogP contribution in [0.15, 0.2) is 12.3 Å². The molecule has 1 aromatic rings. The zero-order valence-electron chi connectivity index (χ0n) is 12.1. The number of hydrogen-bond acceptors (Lipinski definition) is 4. The second kappa shape index (κ2) is 6.16. The van der Waals surface area contributed by atoms with Gasteiger partial charge in [0.1, 0.15) is 5.82 Å². The smallest absolute Gasteiger partial charge is 0.128 e. The third-order valence-electron chi connectivity index (χ3n) is 3.58. The third-order valence-corrected chi connectivity index (χ3v) is 3.58. The van der Waals surface area contributed by atoms with Crippen LogP contribution in [0, 0.1) is 6.92 Å². The monoisotopic (exact) mass is 251 g/mol. The molecule has 0 saturated carbocycles. The summed E-state index contributed by atoms with van der Waals surface area (Å²) in [5, 5.41) is 3.46. The average Bonchev–Trinajstić information content (AvgIpc) is 2.38. The van der Waals surface area contributed by atoms with E-state index in [-0.39, 0.29) is 11.6 Å². The lowest BCUT2D eigenvalue weighted by Gasteiger charge is -2.37. The number of nitrogens with zero attached hydrogens (tertiary/aromatic N) is 1. The van der Waals surface area contributed by atoms with Gasteiger partial charge in [0.15, 0.2) is 0 Å². The molecule has 0 aromatic carbocycles. The summed E-state index contributed by atoms with van der Waals surface area (Å²) in [5.41, 5.74) is 7.85. The topological polar surface area (TPSA) is 60.2 Å². The first kappa shape index (κ1) is 14.9. The van der Waals surface area contributed by atoms with Crippen LogP contribution >= 0.6 is 0 Å². The molecule has 1 aromatic heterocycles. The van der Waals surface area contributed by atoms with Gasteiger partial charge < -0.3 is 15.8 Å². The van der Waals surface area contributed by atoms with Crippen LogP contribution in [0.5, 0.6) is 0 Å². The van der Waals surface area contributed by atoms with Gasteiger partial charge in [-0.25, -0.2) is 4.98 Å². The Labute approximate surface area is 110 Å². The largest absolute Gasteiger partial charge is 0.383 e. The zero-order valence-corrected chi connectivity index (χ0v) is 12.1. The van der Waals surface area contributed by atoms with E-state index in [1.54, 1.807) is 13.3 Å². The van der Waals surface area contributed by atoms with E-state index in [0.29, 0.717) is 5.82 Å². The van der Waals surface area contributed by atoms with Crippen LogP contribution in [0.2, 0.25) is 0 Å². The molecule has 0 aliphatic rings. The highest BCUT2D eigenvalue weighted by molar-refractivity contribution is 5.44. The highest BCUT2D eigenvalue weighted by atomic mass is 16.5. The number of anilines is 1. The Kier molecular flexibility index (Phi) is 5.11. The van der Waals surface area contributed by atoms with Crippen LogP contribution < -0.4 is 11.1 Å². The molecule has 3 N–H and O–H groups in total. The van der Waals surface area contributed by atoms with E-state index in [0.717, 1.165) is 24.1 Å². The molecule has 0 fully saturated rings. The van der Waals surface area contributed by atoms with Crippen LogP contribution in [0.25, 0.3) is 0 Å². The lowest BCUT2D eigenvalue weighted by atomic mass is 9.87. The van der Waals surface area contributed by atoms with Gasteiger partial charge in [0, 0.05) is 18.9 Å². The molecule has 0 aliphatic heterocycles. The van der Waals surface area contributed by atoms with Crippen molar-refractivity contribution in [2.24, 2.45) is 0 Å². The highest BCUT2D eigenvalue weighted by Gasteiger charge is 2.34. The number of likely N-dealkylation sites (N-methyl/N-ethyl adjacent to an activating group) is 1. The molecule has 2 atom stereocenters. The van der Waals surface area contributed by atoms with Gasteiger partial charge >= 0.3 is 0 Å². The maximum atomic E-state index is 6.02. The average molecular weight is 251 g/mol. The van der Waals surface area contributed by atoms with Crippen molar-refractivity contribution in [3.63, 3.8) is 0 Å². The predicted molar refractivity (Wildman–Crippen MR) is 75.5 cm³/mol. The van der Waals surface area contributed by atoms with Crippen molar-refractivity contribution >= 4 is 5.82 Å². The van der Waals surface area contributed by atoms with Crippen molar-refractivity contribution in [1.29, 1.82) is 0 Å². The van der Waals surface area contributed by atoms with Gasteiger partial charge in [-0.15, -0.1) is 0 Å². The number of hydrogen-bond donors (Lipinski definition) is 2. The van der Waals surface area contributed by atoms with Crippen molar-refractivity contribution in [2.45, 2.75) is 45.8 Å². The summed E-state index contributed by atoms with van der Waals surface area (Å²) < 4.78 is 5.71. The SMILES string of the molecule is CCNC(c1cc(C)cnc1N)C(C)(CC)OC. The van der Waals surface area contributed by atoms with E-state index >= 15 is 0 Å². The minimum atomic E-state index is -0.292. The summed E-state index contributed by atoms with van der Waals surface area (Å²) in [7, 11) is 1.74. The van der Waals surface area contributed by atoms with E-state index < -0.39 is 0 Å². The molecule has 102 valence electrons. The van der Waals surface area contributed by atoms with Crippen molar-refractivity contribution in [3.8, 4) is 0 Å². The Morgan fingerprint density at radius 1 is 1.50 bits per heavy atom. The Hall–Kier alpha value is -1.13. The number of nitrogens with two attached hydrogens (primary N) is 1. The van der Waals surface area contributed by atoms with Crippen molar-refractivity contribution in [1.82, 2.24) is 10.3 Å². The summed E-state index contributed by atoms with van der Waals surface area (Å²) in [6, 6.07) is 2.13. The number of pyridine rings is 1. The van der Waals surface area contributed by atoms with Crippen molar-refractivity contribution < 1.29 is 4.74 Å². The molecular formula is C14H25N3O. The van der Waals surface area contributed by atoms with Crippen molar-refractivity contribution in [3.05, 3.63) is 23.4 Å². The molecule has 0 radical (unpaired) electrons. The van der Waals surface area contributed by atoms with Crippen LogP contribution in [0.4, 0.5) is 5.82 Å². The maximum absolute atomic E-state index is 6.02. The van der Waals surface area contributed by atoms with Crippen LogP contribution in [0.1, 0.15) is 44.4 Å². The zero-order chi connectivity index (χ0) is 13.8. The lowest BCUT2D eigenvalue weighted by Crippen LogP contribution is -2.43. The molecule has 1 rings (SSSR count). The standard InChI is InChI=1S/C14H25N3O/c1-6-14(4,18-5)12(16-7-2)11-8-10(3)9-17-13(11)15/h8-9,12,16H,6-7H2,1-5H3,(H2,15,17). The summed E-state index contributed by atoms with van der Waals surface area (Å²) >= 11 is 0. The second-order valence-corrected chi connectivity index (χ2v) is 4.85. The number of aromatic nitrogens is 1. The van der Waals surface area contributed by atoms with Gasteiger partial charge in [-0.3, -0.25) is 0 Å². The van der Waals surface area contributed by atoms with Gasteiger partial charge in [0.2, 0.25) is 0 Å². The first-order valence-corrected chi connectivity index (χ1v) is 6.49. The van der Waals surface area contributed by atoms with E-state index in [1.165, 1.54) is 0 Å². The van der Waals surface area contributed by atoms with E-state index in [9.17, 15) is 0 Å². The number of aryl methyl sites for hydroxylation is 1. The number of nitrogens with one attached hydrogen (secondary N) is 1. The van der Waals surface area contributed by atoms with Crippen molar-refractivity contribution in [2.75, 3.05) is 19.4 Å². The second-order valence-electron chi connectivity index (χ2n) is 4.85. The number of nitrogen functional groups attached to an aromatic ring is 1. The number of methoxy groups -OCH3 is 1. The lowest BCUT2D eigenvalue weighted by molar-refractivity contribution is -0.0294. The molecule has 4 nitrogen and oxygen atoms in total. The molecule has 0 amide bonds. The minimum absolute atomic E-state index is 0.0462. The molecule has 18 heavy (non-hydrogen) atoms. The fourth-order valence-corrected chi connectivity index (χ4v) is 2.16. The first-order chi connectivity index (χ1) is 8.48. The summed E-state index contributed by atoms with van der Waals surface area (Å²) in [6.45, 7) is 9.18. The summed E-state index contributed by atoms with van der Waals surface area (Å²) in [4.78, 5) is 4.25. The summed E-state index contributed by atoms with van der Waals surface area (Å²) in [5.74, 6) is 0.572. The highest BCUT2D eigenvalue weighted by Crippen LogP contribution is 2.34. The predicted octanol–water partition coefficient (Wildman–Crippen LogP) is 2.44. The van der Waals surface area contributed by atoms with E-state index in [2.05, 4.69) is 37.1 Å². The fourth-order valence-electron chi connectivity index (χ4n) is 2.16. The Morgan fingerprint density at radius 2 is 2.17 bits per heavy atom. The Morgan fingerprint density at radius 3 is 2.67 bits per heavy atom. The fraction of sp³-hybridized carbons (Fsp3) is 0.643. The van der Waals surface area contributed by atoms with E-state index in [4.69, 9.17) is 10.5 Å².